The topological polar surface area (TPSA) is 61.2 Å². The van der Waals surface area contributed by atoms with Gasteiger partial charge in [-0.2, -0.15) is 5.10 Å². The molecule has 0 atom stereocenters. The third-order valence-corrected chi connectivity index (χ3v) is 5.28. The zero-order valence-electron chi connectivity index (χ0n) is 17.9. The standard InChI is InChI=1S/C25H25ClN4O2/c1-31-25-12-22(8-11-24(25)32-16-21-6-9-23(26)10-7-21)14-27-13-19-2-4-20(5-3-19)15-30-18-28-17-29-30/h2-12,17-18,27H,13-16H2,1H3. The minimum Gasteiger partial charge on any atom is -0.493 e. The molecule has 32 heavy (non-hydrogen) atoms. The zero-order chi connectivity index (χ0) is 22.2. The molecule has 0 fully saturated rings. The van der Waals surface area contributed by atoms with Crippen LogP contribution in [0.2, 0.25) is 5.02 Å². The first-order valence-corrected chi connectivity index (χ1v) is 10.7. The summed E-state index contributed by atoms with van der Waals surface area (Å²) in [5.41, 5.74) is 4.60. The Kier molecular flexibility index (Phi) is 7.38. The molecule has 7 heteroatoms. The normalized spacial score (nSPS) is 10.8. The highest BCUT2D eigenvalue weighted by atomic mass is 35.5. The van der Waals surface area contributed by atoms with E-state index in [0.717, 1.165) is 36.5 Å². The number of methoxy groups -OCH3 is 1. The van der Waals surface area contributed by atoms with Crippen LogP contribution in [-0.2, 0) is 26.2 Å². The number of hydrogen-bond acceptors (Lipinski definition) is 5. The summed E-state index contributed by atoms with van der Waals surface area (Å²) in [7, 11) is 1.66. The molecule has 0 aliphatic rings. The van der Waals surface area contributed by atoms with Gasteiger partial charge in [-0.1, -0.05) is 54.1 Å². The van der Waals surface area contributed by atoms with Crippen molar-refractivity contribution in [1.82, 2.24) is 20.1 Å². The van der Waals surface area contributed by atoms with Crippen molar-refractivity contribution >= 4 is 11.6 Å². The minimum atomic E-state index is 0.456. The molecule has 1 aromatic heterocycles. The molecule has 0 spiro atoms. The number of aromatic nitrogens is 3. The van der Waals surface area contributed by atoms with Gasteiger partial charge in [-0.15, -0.1) is 0 Å². The van der Waals surface area contributed by atoms with Crippen molar-refractivity contribution in [2.75, 3.05) is 7.11 Å². The Hall–Kier alpha value is -3.35. The van der Waals surface area contributed by atoms with Gasteiger partial charge in [0.2, 0.25) is 0 Å². The van der Waals surface area contributed by atoms with Crippen LogP contribution in [0.1, 0.15) is 22.3 Å². The number of benzene rings is 3. The van der Waals surface area contributed by atoms with E-state index in [0.29, 0.717) is 17.4 Å². The molecule has 0 radical (unpaired) electrons. The van der Waals surface area contributed by atoms with E-state index in [9.17, 15) is 0 Å². The molecule has 164 valence electrons. The third kappa shape index (κ3) is 6.09. The Bertz CT molecular complexity index is 1110. The summed E-state index contributed by atoms with van der Waals surface area (Å²) in [5, 5.41) is 8.33. The summed E-state index contributed by atoms with van der Waals surface area (Å²) in [5.74, 6) is 1.44. The number of ether oxygens (including phenoxy) is 2. The van der Waals surface area contributed by atoms with Crippen molar-refractivity contribution in [2.45, 2.75) is 26.2 Å². The first kappa shape index (κ1) is 21.9. The predicted octanol–water partition coefficient (Wildman–Crippen LogP) is 4.86. The first-order valence-electron chi connectivity index (χ1n) is 10.3. The van der Waals surface area contributed by atoms with Crippen molar-refractivity contribution in [1.29, 1.82) is 0 Å². The molecule has 1 heterocycles. The molecular weight excluding hydrogens is 424 g/mol. The van der Waals surface area contributed by atoms with E-state index in [-0.39, 0.29) is 0 Å². The predicted molar refractivity (Wildman–Crippen MR) is 125 cm³/mol. The van der Waals surface area contributed by atoms with Gasteiger partial charge in [0.15, 0.2) is 11.5 Å². The molecule has 6 nitrogen and oxygen atoms in total. The fraction of sp³-hybridized carbons (Fsp3) is 0.200. The second-order valence-corrected chi connectivity index (χ2v) is 7.85. The molecule has 0 unspecified atom stereocenters. The lowest BCUT2D eigenvalue weighted by Gasteiger charge is -2.13. The molecule has 0 saturated heterocycles. The van der Waals surface area contributed by atoms with Gasteiger partial charge in [0.1, 0.15) is 19.3 Å². The van der Waals surface area contributed by atoms with E-state index >= 15 is 0 Å². The molecule has 0 aliphatic heterocycles. The van der Waals surface area contributed by atoms with Gasteiger partial charge in [0.05, 0.1) is 13.7 Å². The Morgan fingerprint density at radius 1 is 0.844 bits per heavy atom. The summed E-state index contributed by atoms with van der Waals surface area (Å²) in [4.78, 5) is 3.97. The van der Waals surface area contributed by atoms with Crippen LogP contribution in [0.5, 0.6) is 11.5 Å². The molecule has 0 amide bonds. The Morgan fingerprint density at radius 2 is 1.53 bits per heavy atom. The maximum atomic E-state index is 5.94. The van der Waals surface area contributed by atoms with Crippen LogP contribution in [0.25, 0.3) is 0 Å². The van der Waals surface area contributed by atoms with Crippen LogP contribution in [0.3, 0.4) is 0 Å². The molecule has 3 aromatic carbocycles. The van der Waals surface area contributed by atoms with Gasteiger partial charge in [-0.3, -0.25) is 0 Å². The van der Waals surface area contributed by atoms with E-state index in [1.165, 1.54) is 11.1 Å². The highest BCUT2D eigenvalue weighted by Gasteiger charge is 2.07. The van der Waals surface area contributed by atoms with Crippen molar-refractivity contribution in [3.63, 3.8) is 0 Å². The third-order valence-electron chi connectivity index (χ3n) is 5.03. The average molecular weight is 449 g/mol. The van der Waals surface area contributed by atoms with E-state index in [4.69, 9.17) is 21.1 Å². The highest BCUT2D eigenvalue weighted by Crippen LogP contribution is 2.29. The van der Waals surface area contributed by atoms with E-state index < -0.39 is 0 Å². The molecule has 4 aromatic rings. The van der Waals surface area contributed by atoms with Crippen LogP contribution in [0, 0.1) is 0 Å². The van der Waals surface area contributed by atoms with E-state index in [1.54, 1.807) is 19.8 Å². The second-order valence-electron chi connectivity index (χ2n) is 7.41. The van der Waals surface area contributed by atoms with Crippen molar-refractivity contribution in [2.24, 2.45) is 0 Å². The molecular formula is C25H25ClN4O2. The maximum absolute atomic E-state index is 5.94. The molecule has 1 N–H and O–H groups in total. The van der Waals surface area contributed by atoms with E-state index in [1.807, 2.05) is 47.1 Å². The van der Waals surface area contributed by atoms with Crippen LogP contribution in [0.15, 0.2) is 79.4 Å². The maximum Gasteiger partial charge on any atom is 0.161 e. The summed E-state index contributed by atoms with van der Waals surface area (Å²) in [6.45, 7) is 2.69. The summed E-state index contributed by atoms with van der Waals surface area (Å²) in [6, 6.07) is 22.1. The number of hydrogen-bond donors (Lipinski definition) is 1. The van der Waals surface area contributed by atoms with Gasteiger partial charge in [-0.25, -0.2) is 9.67 Å². The molecule has 0 saturated carbocycles. The quantitative estimate of drug-likeness (QED) is 0.375. The summed E-state index contributed by atoms with van der Waals surface area (Å²) in [6.07, 6.45) is 3.27. The number of rotatable bonds is 10. The fourth-order valence-corrected chi connectivity index (χ4v) is 3.42. The fourth-order valence-electron chi connectivity index (χ4n) is 3.30. The van der Waals surface area contributed by atoms with Gasteiger partial charge in [0.25, 0.3) is 0 Å². The van der Waals surface area contributed by atoms with E-state index in [2.05, 4.69) is 39.7 Å². The SMILES string of the molecule is COc1cc(CNCc2ccc(Cn3cncn3)cc2)ccc1OCc1ccc(Cl)cc1. The smallest absolute Gasteiger partial charge is 0.161 e. The van der Waals surface area contributed by atoms with Gasteiger partial charge in [0, 0.05) is 18.1 Å². The highest BCUT2D eigenvalue weighted by molar-refractivity contribution is 6.30. The number of nitrogens with zero attached hydrogens (tertiary/aromatic N) is 3. The van der Waals surface area contributed by atoms with Gasteiger partial charge >= 0.3 is 0 Å². The average Bonchev–Trinajstić information content (AvgIpc) is 3.33. The second kappa shape index (κ2) is 10.8. The lowest BCUT2D eigenvalue weighted by molar-refractivity contribution is 0.284. The lowest BCUT2D eigenvalue weighted by atomic mass is 10.1. The Morgan fingerprint density at radius 3 is 2.25 bits per heavy atom. The van der Waals surface area contributed by atoms with Gasteiger partial charge in [-0.05, 0) is 46.5 Å². The Balaban J connectivity index is 1.28. The van der Waals surface area contributed by atoms with Crippen molar-refractivity contribution < 1.29 is 9.47 Å². The van der Waals surface area contributed by atoms with Crippen molar-refractivity contribution in [3.8, 4) is 11.5 Å². The molecule has 4 rings (SSSR count). The monoisotopic (exact) mass is 448 g/mol. The molecule has 0 aliphatic carbocycles. The summed E-state index contributed by atoms with van der Waals surface area (Å²) < 4.78 is 13.3. The van der Waals surface area contributed by atoms with Crippen LogP contribution < -0.4 is 14.8 Å². The zero-order valence-corrected chi connectivity index (χ0v) is 18.6. The largest absolute Gasteiger partial charge is 0.493 e. The summed E-state index contributed by atoms with van der Waals surface area (Å²) >= 11 is 5.94. The van der Waals surface area contributed by atoms with Gasteiger partial charge < -0.3 is 14.8 Å². The van der Waals surface area contributed by atoms with Crippen LogP contribution in [0.4, 0.5) is 0 Å². The minimum absolute atomic E-state index is 0.456. The van der Waals surface area contributed by atoms with Crippen LogP contribution in [-0.4, -0.2) is 21.9 Å². The molecule has 0 bridgehead atoms. The number of nitrogens with one attached hydrogen (secondary N) is 1. The Labute approximate surface area is 192 Å². The first-order chi connectivity index (χ1) is 15.7. The van der Waals surface area contributed by atoms with Crippen molar-refractivity contribution in [3.05, 3.63) is 107 Å². The van der Waals surface area contributed by atoms with Crippen LogP contribution >= 0.6 is 11.6 Å². The lowest BCUT2D eigenvalue weighted by Crippen LogP contribution is -2.13. The number of halogens is 1.